The minimum Gasteiger partial charge on any atom is -0.342 e. The molecular weight excluding hydrogens is 168 g/mol. The van der Waals surface area contributed by atoms with Crippen LogP contribution in [0.3, 0.4) is 0 Å². The number of aliphatic hydroxyl groups is 1. The van der Waals surface area contributed by atoms with E-state index in [-0.39, 0.29) is 0 Å². The van der Waals surface area contributed by atoms with Gasteiger partial charge in [0.05, 0.1) is 0 Å². The Morgan fingerprint density at radius 2 is 1.67 bits per heavy atom. The summed E-state index contributed by atoms with van der Waals surface area (Å²) in [5, 5.41) is 8.70. The second-order valence-electron chi connectivity index (χ2n) is 1.47. The molecule has 9 heavy (non-hydrogen) atoms. The van der Waals surface area contributed by atoms with E-state index in [0.717, 1.165) is 6.92 Å². The van der Waals surface area contributed by atoms with Crippen LogP contribution >= 0.6 is 0 Å². The molecule has 7 heteroatoms. The van der Waals surface area contributed by atoms with Gasteiger partial charge in [-0.15, -0.1) is 0 Å². The molecular formula is C2H4O5S2. The first-order valence-corrected chi connectivity index (χ1v) is 4.63. The lowest BCUT2D eigenvalue weighted by atomic mass is 10.7. The monoisotopic (exact) mass is 172 g/mol. The highest BCUT2D eigenvalue weighted by Gasteiger charge is 2.40. The van der Waals surface area contributed by atoms with Crippen molar-refractivity contribution in [1.82, 2.24) is 0 Å². The van der Waals surface area contributed by atoms with E-state index >= 15 is 0 Å². The van der Waals surface area contributed by atoms with E-state index in [9.17, 15) is 8.42 Å². The Kier molecular flexibility index (Phi) is 1.70. The molecule has 0 saturated carbocycles. The lowest BCUT2D eigenvalue weighted by molar-refractivity contribution is -0.237. The Labute approximate surface area is 55.7 Å². The molecule has 1 heterocycles. The van der Waals surface area contributed by atoms with E-state index in [1.54, 1.807) is 0 Å². The van der Waals surface area contributed by atoms with Crippen molar-refractivity contribution >= 4 is 20.2 Å². The molecule has 0 aromatic carbocycles. The highest BCUT2D eigenvalue weighted by molar-refractivity contribution is 8.57. The standard InChI is InChI=1S/C2H4O5S2/c1-2(3)6-8(4)9(5)7-2/h3H,1H3. The third-order valence-corrected chi connectivity index (χ3v) is 2.74. The fourth-order valence-electron chi connectivity index (χ4n) is 0.322. The molecule has 2 atom stereocenters. The molecule has 0 radical (unpaired) electrons. The summed E-state index contributed by atoms with van der Waals surface area (Å²) in [7, 11) is -4.07. The van der Waals surface area contributed by atoms with Crippen molar-refractivity contribution < 1.29 is 21.9 Å². The topological polar surface area (TPSA) is 72.8 Å². The molecule has 1 aliphatic rings. The summed E-state index contributed by atoms with van der Waals surface area (Å²) in [6, 6.07) is 0. The molecule has 0 spiro atoms. The minimum atomic E-state index is -2.04. The Morgan fingerprint density at radius 3 is 1.78 bits per heavy atom. The maximum Gasteiger partial charge on any atom is 0.305 e. The van der Waals surface area contributed by atoms with Crippen LogP contribution in [0.2, 0.25) is 0 Å². The van der Waals surface area contributed by atoms with Crippen LogP contribution in [0.4, 0.5) is 0 Å². The van der Waals surface area contributed by atoms with E-state index in [1.165, 1.54) is 0 Å². The van der Waals surface area contributed by atoms with Gasteiger partial charge in [0.15, 0.2) is 0 Å². The van der Waals surface area contributed by atoms with Crippen molar-refractivity contribution in [3.05, 3.63) is 0 Å². The molecule has 54 valence electrons. The Morgan fingerprint density at radius 1 is 1.33 bits per heavy atom. The lowest BCUT2D eigenvalue weighted by Crippen LogP contribution is -2.23. The smallest absolute Gasteiger partial charge is 0.305 e. The Hall–Kier alpha value is 0.180. The van der Waals surface area contributed by atoms with E-state index in [4.69, 9.17) is 5.11 Å². The normalized spacial score (nSPS) is 51.8. The molecule has 0 amide bonds. The third-order valence-electron chi connectivity index (χ3n) is 0.556. The molecule has 0 aromatic rings. The van der Waals surface area contributed by atoms with Crippen LogP contribution in [0.15, 0.2) is 0 Å². The largest absolute Gasteiger partial charge is 0.342 e. The van der Waals surface area contributed by atoms with Gasteiger partial charge < -0.3 is 5.11 Å². The summed E-state index contributed by atoms with van der Waals surface area (Å²) in [6.07, 6.45) is 0. The number of hydrogen-bond donors (Lipinski definition) is 1. The molecule has 1 fully saturated rings. The van der Waals surface area contributed by atoms with E-state index in [1.807, 2.05) is 0 Å². The zero-order valence-electron chi connectivity index (χ0n) is 4.40. The van der Waals surface area contributed by atoms with Gasteiger partial charge in [-0.3, -0.25) is 0 Å². The van der Waals surface area contributed by atoms with Crippen molar-refractivity contribution in [1.29, 1.82) is 0 Å². The molecule has 0 aliphatic carbocycles. The maximum absolute atomic E-state index is 10.3. The van der Waals surface area contributed by atoms with Crippen LogP contribution in [0, 0.1) is 0 Å². The van der Waals surface area contributed by atoms with Gasteiger partial charge in [-0.05, 0) is 0 Å². The van der Waals surface area contributed by atoms with Crippen molar-refractivity contribution in [3.63, 3.8) is 0 Å². The average Bonchev–Trinajstić information content (AvgIpc) is 1.79. The van der Waals surface area contributed by atoms with Crippen LogP contribution in [0.1, 0.15) is 6.92 Å². The van der Waals surface area contributed by atoms with Gasteiger partial charge in [0.1, 0.15) is 0 Å². The molecule has 0 aromatic heterocycles. The van der Waals surface area contributed by atoms with Gasteiger partial charge in [0.25, 0.3) is 20.2 Å². The molecule has 1 saturated heterocycles. The van der Waals surface area contributed by atoms with Crippen molar-refractivity contribution in [2.75, 3.05) is 0 Å². The molecule has 2 unspecified atom stereocenters. The van der Waals surface area contributed by atoms with E-state index in [2.05, 4.69) is 8.37 Å². The summed E-state index contributed by atoms with van der Waals surface area (Å²) in [4.78, 5) is 0. The molecule has 5 nitrogen and oxygen atoms in total. The van der Waals surface area contributed by atoms with Crippen LogP contribution in [-0.2, 0) is 28.6 Å². The predicted octanol–water partition coefficient (Wildman–Crippen LogP) is -1.06. The first-order valence-electron chi connectivity index (χ1n) is 1.97. The van der Waals surface area contributed by atoms with Crippen LogP contribution < -0.4 is 0 Å². The third kappa shape index (κ3) is 1.55. The fourth-order valence-corrected chi connectivity index (χ4v) is 2.14. The van der Waals surface area contributed by atoms with Gasteiger partial charge in [0.2, 0.25) is 0 Å². The summed E-state index contributed by atoms with van der Waals surface area (Å²) in [5.74, 6) is -1.96. The second-order valence-corrected chi connectivity index (χ2v) is 4.26. The Bertz CT molecular complexity index is 156. The highest BCUT2D eigenvalue weighted by atomic mass is 33.2. The molecule has 1 rings (SSSR count). The second kappa shape index (κ2) is 2.10. The van der Waals surface area contributed by atoms with Gasteiger partial charge in [-0.2, -0.15) is 0 Å². The number of rotatable bonds is 0. The predicted molar refractivity (Wildman–Crippen MR) is 29.1 cm³/mol. The average molecular weight is 172 g/mol. The zero-order valence-corrected chi connectivity index (χ0v) is 6.03. The van der Waals surface area contributed by atoms with Crippen LogP contribution in [0.5, 0.6) is 0 Å². The zero-order chi connectivity index (χ0) is 7.07. The maximum atomic E-state index is 10.3. The first-order chi connectivity index (χ1) is 4.01. The summed E-state index contributed by atoms with van der Waals surface area (Å²) >= 11 is 0. The SMILES string of the molecule is CC1(O)OS(=O)S(=O)O1. The molecule has 0 bridgehead atoms. The van der Waals surface area contributed by atoms with Crippen molar-refractivity contribution in [2.24, 2.45) is 0 Å². The number of hydrogen-bond acceptors (Lipinski definition) is 5. The first kappa shape index (κ1) is 7.29. The van der Waals surface area contributed by atoms with Crippen molar-refractivity contribution in [3.8, 4) is 0 Å². The van der Waals surface area contributed by atoms with Gasteiger partial charge in [-0.1, -0.05) is 0 Å². The van der Waals surface area contributed by atoms with Crippen LogP contribution in [0.25, 0.3) is 0 Å². The van der Waals surface area contributed by atoms with E-state index in [0.29, 0.717) is 0 Å². The van der Waals surface area contributed by atoms with Gasteiger partial charge in [0, 0.05) is 6.92 Å². The fraction of sp³-hybridized carbons (Fsp3) is 1.00. The molecule has 1 N–H and O–H groups in total. The minimum absolute atomic E-state index is 1.11. The summed E-state index contributed by atoms with van der Waals surface area (Å²) in [6.45, 7) is 1.11. The summed E-state index contributed by atoms with van der Waals surface area (Å²) in [5.41, 5.74) is 0. The lowest BCUT2D eigenvalue weighted by Gasteiger charge is -2.06. The van der Waals surface area contributed by atoms with Crippen LogP contribution in [-0.4, -0.2) is 19.5 Å². The van der Waals surface area contributed by atoms with Gasteiger partial charge >= 0.3 is 5.97 Å². The Balaban J connectivity index is 2.76. The van der Waals surface area contributed by atoms with Crippen molar-refractivity contribution in [2.45, 2.75) is 12.9 Å². The van der Waals surface area contributed by atoms with E-state index < -0.39 is 26.2 Å². The quantitative estimate of drug-likeness (QED) is 0.471. The summed E-state index contributed by atoms with van der Waals surface area (Å²) < 4.78 is 28.9. The molecule has 1 aliphatic heterocycles. The highest BCUT2D eigenvalue weighted by Crippen LogP contribution is 2.22. The van der Waals surface area contributed by atoms with Gasteiger partial charge in [-0.25, -0.2) is 16.8 Å².